The van der Waals surface area contributed by atoms with Gasteiger partial charge in [-0.25, -0.2) is 0 Å². The first-order chi connectivity index (χ1) is 9.74. The third kappa shape index (κ3) is 5.25. The minimum absolute atomic E-state index is 0.155. The van der Waals surface area contributed by atoms with E-state index in [1.807, 2.05) is 0 Å². The number of carbonyl (C=O) groups excluding carboxylic acids is 1. The fourth-order valence-electron chi connectivity index (χ4n) is 2.72. The zero-order chi connectivity index (χ0) is 14.2. The summed E-state index contributed by atoms with van der Waals surface area (Å²) in [7, 11) is 2.16. The summed E-state index contributed by atoms with van der Waals surface area (Å²) in [6, 6.07) is 0. The quantitative estimate of drug-likeness (QED) is 0.850. The highest BCUT2D eigenvalue weighted by Crippen LogP contribution is 2.19. The highest BCUT2D eigenvalue weighted by atomic mass is 16.1. The molecule has 0 bridgehead atoms. The van der Waals surface area contributed by atoms with Crippen molar-refractivity contribution in [1.82, 2.24) is 20.2 Å². The first-order valence-corrected chi connectivity index (χ1v) is 7.44. The monoisotopic (exact) mass is 276 g/mol. The van der Waals surface area contributed by atoms with Crippen molar-refractivity contribution >= 4 is 5.91 Å². The van der Waals surface area contributed by atoms with Crippen LogP contribution in [0.1, 0.15) is 31.4 Å². The van der Waals surface area contributed by atoms with Gasteiger partial charge in [-0.2, -0.15) is 0 Å². The fourth-order valence-corrected chi connectivity index (χ4v) is 2.72. The number of hydrogen-bond acceptors (Lipinski definition) is 4. The Labute approximate surface area is 120 Å². The number of nitrogens with zero attached hydrogens (tertiary/aromatic N) is 3. The predicted octanol–water partition coefficient (Wildman–Crippen LogP) is 1.26. The maximum Gasteiger partial charge on any atom is 0.220 e. The van der Waals surface area contributed by atoms with E-state index in [2.05, 4.69) is 27.2 Å². The van der Waals surface area contributed by atoms with Crippen molar-refractivity contribution in [2.24, 2.45) is 5.92 Å². The molecule has 2 heterocycles. The third-order valence-corrected chi connectivity index (χ3v) is 3.82. The van der Waals surface area contributed by atoms with Crippen LogP contribution in [0.25, 0.3) is 0 Å². The van der Waals surface area contributed by atoms with Gasteiger partial charge in [-0.15, -0.1) is 0 Å². The van der Waals surface area contributed by atoms with Crippen LogP contribution in [-0.4, -0.2) is 47.5 Å². The van der Waals surface area contributed by atoms with Crippen molar-refractivity contribution in [3.63, 3.8) is 0 Å². The van der Waals surface area contributed by atoms with Gasteiger partial charge in [-0.05, 0) is 38.8 Å². The van der Waals surface area contributed by atoms with Crippen LogP contribution in [0.4, 0.5) is 0 Å². The summed E-state index contributed by atoms with van der Waals surface area (Å²) in [5.41, 5.74) is 0.918. The zero-order valence-corrected chi connectivity index (χ0v) is 12.2. The molecule has 0 radical (unpaired) electrons. The number of nitrogens with one attached hydrogen (secondary N) is 1. The summed E-state index contributed by atoms with van der Waals surface area (Å²) in [6.07, 6.45) is 9.97. The van der Waals surface area contributed by atoms with Crippen LogP contribution in [0, 0.1) is 5.92 Å². The largest absolute Gasteiger partial charge is 0.356 e. The summed E-state index contributed by atoms with van der Waals surface area (Å²) in [6.45, 7) is 2.97. The number of piperidine rings is 1. The van der Waals surface area contributed by atoms with Gasteiger partial charge in [0.05, 0.1) is 5.69 Å². The molecule has 0 spiro atoms. The van der Waals surface area contributed by atoms with E-state index in [9.17, 15) is 4.79 Å². The molecule has 0 aromatic carbocycles. The molecular weight excluding hydrogens is 252 g/mol. The molecule has 2 rings (SSSR count). The SMILES string of the molecule is CN1CCCC(CCC(=O)NCCc2cnccn2)C1. The summed E-state index contributed by atoms with van der Waals surface area (Å²) in [5, 5.41) is 2.96. The number of rotatable bonds is 6. The van der Waals surface area contributed by atoms with Crippen molar-refractivity contribution in [3.8, 4) is 0 Å². The van der Waals surface area contributed by atoms with Gasteiger partial charge in [0.1, 0.15) is 0 Å². The van der Waals surface area contributed by atoms with Gasteiger partial charge in [0.15, 0.2) is 0 Å². The zero-order valence-electron chi connectivity index (χ0n) is 12.2. The van der Waals surface area contributed by atoms with E-state index >= 15 is 0 Å². The van der Waals surface area contributed by atoms with Crippen molar-refractivity contribution in [1.29, 1.82) is 0 Å². The Balaban J connectivity index is 1.58. The normalized spacial score (nSPS) is 19.8. The van der Waals surface area contributed by atoms with E-state index in [-0.39, 0.29) is 5.91 Å². The molecule has 0 saturated carbocycles. The summed E-state index contributed by atoms with van der Waals surface area (Å²) in [4.78, 5) is 22.3. The molecule has 1 N–H and O–H groups in total. The smallest absolute Gasteiger partial charge is 0.220 e. The van der Waals surface area contributed by atoms with E-state index in [1.165, 1.54) is 19.4 Å². The van der Waals surface area contributed by atoms with Crippen molar-refractivity contribution in [2.75, 3.05) is 26.7 Å². The number of likely N-dealkylation sites (tertiary alicyclic amines) is 1. The van der Waals surface area contributed by atoms with Gasteiger partial charge in [-0.3, -0.25) is 14.8 Å². The van der Waals surface area contributed by atoms with Gasteiger partial charge in [0, 0.05) is 44.5 Å². The lowest BCUT2D eigenvalue weighted by Gasteiger charge is -2.29. The van der Waals surface area contributed by atoms with Gasteiger partial charge in [0.25, 0.3) is 0 Å². The van der Waals surface area contributed by atoms with Crippen LogP contribution in [0.3, 0.4) is 0 Å². The van der Waals surface area contributed by atoms with Crippen LogP contribution in [0.5, 0.6) is 0 Å². The second-order valence-electron chi connectivity index (χ2n) is 5.61. The lowest BCUT2D eigenvalue weighted by atomic mass is 9.93. The Morgan fingerprint density at radius 2 is 2.40 bits per heavy atom. The topological polar surface area (TPSA) is 58.1 Å². The molecule has 1 aliphatic rings. The molecule has 1 fully saturated rings. The highest BCUT2D eigenvalue weighted by Gasteiger charge is 2.17. The third-order valence-electron chi connectivity index (χ3n) is 3.82. The minimum Gasteiger partial charge on any atom is -0.356 e. The number of carbonyl (C=O) groups is 1. The van der Waals surface area contributed by atoms with E-state index in [4.69, 9.17) is 0 Å². The summed E-state index contributed by atoms with van der Waals surface area (Å²) >= 11 is 0. The van der Waals surface area contributed by atoms with Crippen LogP contribution >= 0.6 is 0 Å². The molecule has 1 atom stereocenters. The number of aromatic nitrogens is 2. The standard InChI is InChI=1S/C15H24N4O/c1-19-10-2-3-13(12-19)4-5-15(20)18-7-6-14-11-16-8-9-17-14/h8-9,11,13H,2-7,10,12H2,1H3,(H,18,20). The molecule has 0 aliphatic carbocycles. The average molecular weight is 276 g/mol. The number of amides is 1. The van der Waals surface area contributed by atoms with Crippen LogP contribution in [-0.2, 0) is 11.2 Å². The van der Waals surface area contributed by atoms with Gasteiger partial charge in [0.2, 0.25) is 5.91 Å². The van der Waals surface area contributed by atoms with E-state index in [1.54, 1.807) is 18.6 Å². The molecule has 1 amide bonds. The fraction of sp³-hybridized carbons (Fsp3) is 0.667. The molecule has 110 valence electrons. The molecule has 1 unspecified atom stereocenters. The molecule has 5 heteroatoms. The molecule has 1 saturated heterocycles. The van der Waals surface area contributed by atoms with Crippen molar-refractivity contribution in [2.45, 2.75) is 32.1 Å². The van der Waals surface area contributed by atoms with E-state index < -0.39 is 0 Å². The second kappa shape index (κ2) is 7.94. The predicted molar refractivity (Wildman–Crippen MR) is 78.2 cm³/mol. The van der Waals surface area contributed by atoms with Crippen LogP contribution in [0.15, 0.2) is 18.6 Å². The van der Waals surface area contributed by atoms with Crippen LogP contribution in [0.2, 0.25) is 0 Å². The first-order valence-electron chi connectivity index (χ1n) is 7.44. The molecule has 20 heavy (non-hydrogen) atoms. The van der Waals surface area contributed by atoms with E-state index in [0.29, 0.717) is 18.9 Å². The Bertz CT molecular complexity index is 410. The molecule has 1 aromatic rings. The summed E-state index contributed by atoms with van der Waals surface area (Å²) in [5.74, 6) is 0.835. The van der Waals surface area contributed by atoms with Crippen LogP contribution < -0.4 is 5.32 Å². The average Bonchev–Trinajstić information content (AvgIpc) is 2.46. The molecule has 1 aromatic heterocycles. The summed E-state index contributed by atoms with van der Waals surface area (Å²) < 4.78 is 0. The lowest BCUT2D eigenvalue weighted by molar-refractivity contribution is -0.121. The van der Waals surface area contributed by atoms with Crippen molar-refractivity contribution in [3.05, 3.63) is 24.3 Å². The Morgan fingerprint density at radius 1 is 1.50 bits per heavy atom. The van der Waals surface area contributed by atoms with E-state index in [0.717, 1.165) is 25.1 Å². The molecular formula is C15H24N4O. The lowest BCUT2D eigenvalue weighted by Crippen LogP contribution is -2.33. The number of hydrogen-bond donors (Lipinski definition) is 1. The second-order valence-corrected chi connectivity index (χ2v) is 5.61. The van der Waals surface area contributed by atoms with Gasteiger partial charge < -0.3 is 10.2 Å². The first kappa shape index (κ1) is 14.9. The Hall–Kier alpha value is -1.49. The minimum atomic E-state index is 0.155. The Kier molecular flexibility index (Phi) is 5.92. The maximum absolute atomic E-state index is 11.8. The Morgan fingerprint density at radius 3 is 3.15 bits per heavy atom. The highest BCUT2D eigenvalue weighted by molar-refractivity contribution is 5.75. The van der Waals surface area contributed by atoms with Crippen molar-refractivity contribution < 1.29 is 4.79 Å². The van der Waals surface area contributed by atoms with Gasteiger partial charge in [-0.1, -0.05) is 0 Å². The molecule has 5 nitrogen and oxygen atoms in total. The van der Waals surface area contributed by atoms with Gasteiger partial charge >= 0.3 is 0 Å². The molecule has 1 aliphatic heterocycles. The maximum atomic E-state index is 11.8.